The maximum absolute atomic E-state index is 5.60. The first-order valence-corrected chi connectivity index (χ1v) is 6.69. The van der Waals surface area contributed by atoms with Crippen LogP contribution in [-0.2, 0) is 21.1 Å². The Kier molecular flexibility index (Phi) is 5.34. The van der Waals surface area contributed by atoms with E-state index in [-0.39, 0.29) is 21.1 Å². The van der Waals surface area contributed by atoms with Gasteiger partial charge in [-0.2, -0.15) is 23.8 Å². The predicted molar refractivity (Wildman–Crippen MR) is 85.1 cm³/mol. The summed E-state index contributed by atoms with van der Waals surface area (Å²) < 4.78 is 0. The van der Waals surface area contributed by atoms with Crippen LogP contribution in [0.4, 0.5) is 5.69 Å². The summed E-state index contributed by atoms with van der Waals surface area (Å²) in [5.74, 6) is 0.883. The van der Waals surface area contributed by atoms with Crippen LogP contribution in [0, 0.1) is 19.9 Å². The van der Waals surface area contributed by atoms with Gasteiger partial charge in [-0.15, -0.1) is 5.56 Å². The molecule has 1 aliphatic rings. The molecule has 0 N–H and O–H groups in total. The van der Waals surface area contributed by atoms with Gasteiger partial charge in [0.15, 0.2) is 0 Å². The molecule has 20 heavy (non-hydrogen) atoms. The molecule has 0 fully saturated rings. The third kappa shape index (κ3) is 2.75. The van der Waals surface area contributed by atoms with Crippen LogP contribution in [0.25, 0.3) is 0 Å². The van der Waals surface area contributed by atoms with Crippen molar-refractivity contribution in [2.45, 2.75) is 27.7 Å². The summed E-state index contributed by atoms with van der Waals surface area (Å²) in [5, 5.41) is 0. The van der Waals surface area contributed by atoms with Crippen molar-refractivity contribution in [1.29, 1.82) is 0 Å². The van der Waals surface area contributed by atoms with Gasteiger partial charge in [0.1, 0.15) is 4.99 Å². The third-order valence-electron chi connectivity index (χ3n) is 3.73. The fraction of sp³-hybridized carbons (Fsp3) is 0.312. The van der Waals surface area contributed by atoms with Gasteiger partial charge in [-0.1, -0.05) is 38.3 Å². The number of aryl methyl sites for hydroxylation is 2. The van der Waals surface area contributed by atoms with Gasteiger partial charge in [0.2, 0.25) is 0 Å². The first kappa shape index (κ1) is 17.1. The Bertz CT molecular complexity index is 604. The van der Waals surface area contributed by atoms with Gasteiger partial charge >= 0.3 is 21.1 Å². The molecular formula is C16H19N2SW+. The van der Waals surface area contributed by atoms with Crippen molar-refractivity contribution >= 4 is 22.9 Å². The van der Waals surface area contributed by atoms with E-state index in [0.717, 1.165) is 33.3 Å². The maximum atomic E-state index is 5.60. The zero-order valence-corrected chi connectivity index (χ0v) is 16.3. The second-order valence-corrected chi connectivity index (χ2v) is 5.40. The first-order chi connectivity index (χ1) is 8.84. The molecule has 0 spiro atoms. The van der Waals surface area contributed by atoms with Crippen molar-refractivity contribution in [3.05, 3.63) is 53.0 Å². The van der Waals surface area contributed by atoms with E-state index in [9.17, 15) is 0 Å². The van der Waals surface area contributed by atoms with Crippen LogP contribution in [0.15, 0.2) is 35.8 Å². The van der Waals surface area contributed by atoms with Crippen molar-refractivity contribution in [3.63, 3.8) is 0 Å². The normalized spacial score (nSPS) is 15.7. The molecule has 2 rings (SSSR count). The molecule has 0 aromatic heterocycles. The molecule has 1 aromatic rings. The van der Waals surface area contributed by atoms with Crippen molar-refractivity contribution in [2.24, 2.45) is 0 Å². The van der Waals surface area contributed by atoms with Crippen LogP contribution in [0.2, 0.25) is 0 Å². The van der Waals surface area contributed by atoms with Crippen LogP contribution in [0.1, 0.15) is 25.0 Å². The number of allylic oxidation sites excluding steroid dienone is 1. The second-order valence-electron chi connectivity index (χ2n) is 5.01. The van der Waals surface area contributed by atoms with E-state index >= 15 is 0 Å². The van der Waals surface area contributed by atoms with Gasteiger partial charge < -0.3 is 9.80 Å². The monoisotopic (exact) mass is 455 g/mol. The molecule has 0 bridgehead atoms. The molecule has 4 heteroatoms. The summed E-state index contributed by atoms with van der Waals surface area (Å²) >= 11 is 5.60. The minimum absolute atomic E-state index is 0. The fourth-order valence-corrected chi connectivity index (χ4v) is 2.61. The van der Waals surface area contributed by atoms with Gasteiger partial charge in [-0.05, 0) is 13.8 Å². The molecule has 0 radical (unpaired) electrons. The predicted octanol–water partition coefficient (Wildman–Crippen LogP) is 3.95. The molecule has 1 aromatic carbocycles. The van der Waals surface area contributed by atoms with E-state index in [1.54, 1.807) is 0 Å². The fourth-order valence-electron chi connectivity index (χ4n) is 2.26. The number of benzene rings is 1. The van der Waals surface area contributed by atoms with Gasteiger partial charge in [0.25, 0.3) is 0 Å². The molecule has 0 amide bonds. The molecule has 0 atom stereocenters. The van der Waals surface area contributed by atoms with Gasteiger partial charge in [0.05, 0.1) is 5.82 Å². The van der Waals surface area contributed by atoms with E-state index < -0.39 is 0 Å². The molecule has 1 heterocycles. The van der Waals surface area contributed by atoms with Crippen LogP contribution in [-0.4, -0.2) is 16.9 Å². The van der Waals surface area contributed by atoms with E-state index in [1.165, 1.54) is 5.56 Å². The molecule has 1 aliphatic heterocycles. The standard InChI is InChI=1S/C16H19N2S.W/c1-10-7-8-15(11(2)9-10)18-14(5)17(6)13(4)12(3)16(18)19;/h8-9H,5H2,1-4,6H3;/q-1;+2. The first-order valence-electron chi connectivity index (χ1n) is 6.28. The zero-order chi connectivity index (χ0) is 14.3. The Morgan fingerprint density at radius 2 is 1.80 bits per heavy atom. The van der Waals surface area contributed by atoms with Crippen molar-refractivity contribution in [2.75, 3.05) is 11.9 Å². The largest absolute Gasteiger partial charge is 2.00 e. The average molecular weight is 455 g/mol. The summed E-state index contributed by atoms with van der Waals surface area (Å²) in [6, 6.07) is 7.35. The third-order valence-corrected chi connectivity index (χ3v) is 4.22. The van der Waals surface area contributed by atoms with E-state index in [2.05, 4.69) is 44.4 Å². The smallest absolute Gasteiger partial charge is 0.343 e. The van der Waals surface area contributed by atoms with Crippen molar-refractivity contribution in [1.82, 2.24) is 4.90 Å². The molecule has 2 nitrogen and oxygen atoms in total. The Labute approximate surface area is 141 Å². The Balaban J connectivity index is 0.00000200. The van der Waals surface area contributed by atoms with Gasteiger partial charge in [0, 0.05) is 18.3 Å². The molecule has 0 unspecified atom stereocenters. The topological polar surface area (TPSA) is 6.48 Å². The Morgan fingerprint density at radius 3 is 2.35 bits per heavy atom. The number of rotatable bonds is 1. The summed E-state index contributed by atoms with van der Waals surface area (Å²) in [5.41, 5.74) is 5.64. The minimum Gasteiger partial charge on any atom is -0.343 e. The number of hydrogen-bond donors (Lipinski definition) is 0. The van der Waals surface area contributed by atoms with Crippen molar-refractivity contribution in [3.8, 4) is 0 Å². The Morgan fingerprint density at radius 1 is 1.20 bits per heavy atom. The van der Waals surface area contributed by atoms with Gasteiger partial charge in [-0.25, -0.2) is 0 Å². The summed E-state index contributed by atoms with van der Waals surface area (Å²) in [6.07, 6.45) is 0. The van der Waals surface area contributed by atoms with Crippen molar-refractivity contribution < 1.29 is 21.1 Å². The van der Waals surface area contributed by atoms with Crippen LogP contribution >= 0.6 is 12.2 Å². The zero-order valence-electron chi connectivity index (χ0n) is 12.6. The van der Waals surface area contributed by atoms with Crippen LogP contribution in [0.5, 0.6) is 0 Å². The maximum Gasteiger partial charge on any atom is 2.00 e. The number of thiocarbonyl (C=S) groups is 1. The summed E-state index contributed by atoms with van der Waals surface area (Å²) in [6.45, 7) is 12.4. The SMILES string of the molecule is C=C1N(C)C(C)=C(C)C(=S)N1c1c[c-]c(C)cc1C.[W+2]. The van der Waals surface area contributed by atoms with E-state index in [1.807, 2.05) is 24.9 Å². The molecule has 0 saturated carbocycles. The molecule has 0 saturated heterocycles. The molecule has 0 aliphatic carbocycles. The van der Waals surface area contributed by atoms with E-state index in [4.69, 9.17) is 12.2 Å². The minimum atomic E-state index is 0. The van der Waals surface area contributed by atoms with E-state index in [0.29, 0.717) is 0 Å². The van der Waals surface area contributed by atoms with Crippen LogP contribution < -0.4 is 4.90 Å². The quantitative estimate of drug-likeness (QED) is 0.468. The molecular weight excluding hydrogens is 436 g/mol. The average Bonchev–Trinajstić information content (AvgIpc) is 2.37. The molecule has 104 valence electrons. The number of anilines is 1. The van der Waals surface area contributed by atoms with Gasteiger partial charge in [-0.3, -0.25) is 0 Å². The number of hydrogen-bond acceptors (Lipinski definition) is 2. The second kappa shape index (κ2) is 6.24. The summed E-state index contributed by atoms with van der Waals surface area (Å²) in [7, 11) is 2.02. The number of nitrogens with zero attached hydrogens (tertiary/aromatic N) is 2. The van der Waals surface area contributed by atoms with Crippen LogP contribution in [0.3, 0.4) is 0 Å². The Hall–Kier alpha value is -0.922. The summed E-state index contributed by atoms with van der Waals surface area (Å²) in [4.78, 5) is 4.92.